The molecule has 0 heterocycles. The number of carbonyl (C=O) groups excluding carboxylic acids is 2. The molecule has 3 rings (SSSR count). The minimum atomic E-state index is -3.82. The fraction of sp³-hybridized carbons (Fsp3) is 0.375. The first-order valence-corrected chi connectivity index (χ1v) is 15.7. The Kier molecular flexibility index (Phi) is 11.3. The molecule has 0 fully saturated rings. The number of anilines is 1. The third kappa shape index (κ3) is 9.08. The van der Waals surface area contributed by atoms with Gasteiger partial charge in [0.2, 0.25) is 21.8 Å². The maximum absolute atomic E-state index is 14.2. The monoisotopic (exact) mass is 579 g/mol. The molecule has 2 amide bonds. The number of rotatable bonds is 14. The topological polar surface area (TPSA) is 96.0 Å². The number of hydrogen-bond donors (Lipinski definition) is 1. The zero-order chi connectivity index (χ0) is 30.0. The van der Waals surface area contributed by atoms with Crippen LogP contribution in [0.25, 0.3) is 0 Å². The van der Waals surface area contributed by atoms with E-state index < -0.39 is 28.5 Å². The van der Waals surface area contributed by atoms with Gasteiger partial charge in [-0.05, 0) is 55.2 Å². The summed E-state index contributed by atoms with van der Waals surface area (Å²) in [6.07, 6.45) is 3.08. The van der Waals surface area contributed by atoms with Crippen LogP contribution in [0.3, 0.4) is 0 Å². The van der Waals surface area contributed by atoms with Crippen molar-refractivity contribution in [3.63, 3.8) is 0 Å². The first kappa shape index (κ1) is 31.7. The molecule has 0 aromatic heterocycles. The lowest BCUT2D eigenvalue weighted by atomic mass is 10.0. The number of benzene rings is 3. The Labute approximate surface area is 244 Å². The number of unbranched alkanes of at least 4 members (excludes halogenated alkanes) is 1. The molecule has 9 heteroatoms. The largest absolute Gasteiger partial charge is 0.497 e. The summed E-state index contributed by atoms with van der Waals surface area (Å²) < 4.78 is 32.5. The van der Waals surface area contributed by atoms with E-state index in [0.717, 1.165) is 45.7 Å². The van der Waals surface area contributed by atoms with Gasteiger partial charge in [0.25, 0.3) is 0 Å². The molecule has 0 aliphatic heterocycles. The Morgan fingerprint density at radius 3 is 2.29 bits per heavy atom. The van der Waals surface area contributed by atoms with Gasteiger partial charge < -0.3 is 15.0 Å². The van der Waals surface area contributed by atoms with Crippen LogP contribution in [0.15, 0.2) is 72.8 Å². The van der Waals surface area contributed by atoms with Crippen LogP contribution in [-0.2, 0) is 32.6 Å². The number of ether oxygens (including phenoxy) is 1. The summed E-state index contributed by atoms with van der Waals surface area (Å²) in [5, 5.41) is 2.99. The van der Waals surface area contributed by atoms with Gasteiger partial charge in [0.05, 0.1) is 19.1 Å². The maximum Gasteiger partial charge on any atom is 0.244 e. The number of nitrogens with zero attached hydrogens (tertiary/aromatic N) is 2. The molecular weight excluding hydrogens is 538 g/mol. The second kappa shape index (κ2) is 14.7. The minimum absolute atomic E-state index is 0.0964. The van der Waals surface area contributed by atoms with E-state index in [2.05, 4.69) is 5.32 Å². The van der Waals surface area contributed by atoms with Crippen LogP contribution in [0.4, 0.5) is 5.69 Å². The molecule has 0 saturated carbocycles. The first-order chi connectivity index (χ1) is 19.5. The molecule has 220 valence electrons. The Morgan fingerprint density at radius 2 is 1.66 bits per heavy atom. The summed E-state index contributed by atoms with van der Waals surface area (Å²) in [5.41, 5.74) is 3.80. The standard InChI is InChI=1S/C32H41N3O5S/c1-6-7-18-33-32(37)30(21-26-12-9-8-10-13-26)34(22-27-14-11-15-28(20-27)40-4)31(36)23-35(41(5,38)39)29-17-16-24(2)19-25(29)3/h8-17,19-20,30H,6-7,18,21-23H2,1-5H3,(H,33,37)/t30-/m1/s1. The van der Waals surface area contributed by atoms with E-state index in [9.17, 15) is 18.0 Å². The van der Waals surface area contributed by atoms with Crippen LogP contribution in [0.5, 0.6) is 5.75 Å². The number of sulfonamides is 1. The fourth-order valence-corrected chi connectivity index (χ4v) is 5.61. The molecule has 0 aliphatic rings. The normalized spacial score (nSPS) is 11.9. The van der Waals surface area contributed by atoms with Crippen LogP contribution in [-0.4, -0.2) is 57.6 Å². The highest BCUT2D eigenvalue weighted by Gasteiger charge is 2.33. The second-order valence-corrected chi connectivity index (χ2v) is 12.2. The van der Waals surface area contributed by atoms with Crippen molar-refractivity contribution in [1.29, 1.82) is 0 Å². The molecule has 0 radical (unpaired) electrons. The van der Waals surface area contributed by atoms with E-state index in [-0.39, 0.29) is 18.9 Å². The molecule has 41 heavy (non-hydrogen) atoms. The summed E-state index contributed by atoms with van der Waals surface area (Å²) in [5.74, 6) is -0.143. The summed E-state index contributed by atoms with van der Waals surface area (Å²) in [4.78, 5) is 29.3. The van der Waals surface area contributed by atoms with Crippen LogP contribution in [0.1, 0.15) is 42.0 Å². The molecule has 0 saturated heterocycles. The van der Waals surface area contributed by atoms with Crippen LogP contribution in [0, 0.1) is 13.8 Å². The Balaban J connectivity index is 2.06. The van der Waals surface area contributed by atoms with Gasteiger partial charge in [0, 0.05) is 19.5 Å². The molecule has 0 bridgehead atoms. The average Bonchev–Trinajstić information content (AvgIpc) is 2.94. The van der Waals surface area contributed by atoms with Crippen molar-refractivity contribution in [1.82, 2.24) is 10.2 Å². The van der Waals surface area contributed by atoms with E-state index in [1.165, 1.54) is 4.90 Å². The molecule has 3 aromatic rings. The van der Waals surface area contributed by atoms with Crippen LogP contribution < -0.4 is 14.4 Å². The SMILES string of the molecule is CCCCNC(=O)[C@@H](Cc1ccccc1)N(Cc1cccc(OC)c1)C(=O)CN(c1ccc(C)cc1C)S(C)(=O)=O. The number of methoxy groups -OCH3 is 1. The van der Waals surface area contributed by atoms with Gasteiger partial charge in [-0.3, -0.25) is 13.9 Å². The van der Waals surface area contributed by atoms with E-state index in [0.29, 0.717) is 18.0 Å². The highest BCUT2D eigenvalue weighted by Crippen LogP contribution is 2.25. The third-order valence-corrected chi connectivity index (χ3v) is 8.01. The van der Waals surface area contributed by atoms with E-state index in [1.54, 1.807) is 19.2 Å². The van der Waals surface area contributed by atoms with Crippen molar-refractivity contribution in [3.05, 3.63) is 95.1 Å². The maximum atomic E-state index is 14.2. The van der Waals surface area contributed by atoms with Crippen LogP contribution in [0.2, 0.25) is 0 Å². The Bertz CT molecular complexity index is 1430. The number of carbonyl (C=O) groups is 2. The molecule has 1 atom stereocenters. The first-order valence-electron chi connectivity index (χ1n) is 13.8. The van der Waals surface area contributed by atoms with E-state index in [1.807, 2.05) is 81.4 Å². The van der Waals surface area contributed by atoms with Gasteiger partial charge in [-0.15, -0.1) is 0 Å². The highest BCUT2D eigenvalue weighted by atomic mass is 32.2. The average molecular weight is 580 g/mol. The van der Waals surface area contributed by atoms with Crippen molar-refractivity contribution in [2.45, 2.75) is 52.6 Å². The molecule has 1 N–H and O–H groups in total. The van der Waals surface area contributed by atoms with Crippen LogP contribution >= 0.6 is 0 Å². The lowest BCUT2D eigenvalue weighted by molar-refractivity contribution is -0.140. The van der Waals surface area contributed by atoms with Gasteiger partial charge in [-0.2, -0.15) is 0 Å². The quantitative estimate of drug-likeness (QED) is 0.281. The van der Waals surface area contributed by atoms with Crippen molar-refractivity contribution >= 4 is 27.5 Å². The van der Waals surface area contributed by atoms with Crippen molar-refractivity contribution in [2.75, 3.05) is 30.8 Å². The summed E-state index contributed by atoms with van der Waals surface area (Å²) in [6.45, 7) is 5.92. The number of aryl methyl sites for hydroxylation is 2. The fourth-order valence-electron chi connectivity index (χ4n) is 4.71. The second-order valence-electron chi connectivity index (χ2n) is 10.3. The summed E-state index contributed by atoms with van der Waals surface area (Å²) in [6, 6.07) is 21.3. The van der Waals surface area contributed by atoms with Crippen molar-refractivity contribution in [3.8, 4) is 5.75 Å². The molecule has 0 aliphatic carbocycles. The number of amides is 2. The highest BCUT2D eigenvalue weighted by molar-refractivity contribution is 7.92. The molecule has 8 nitrogen and oxygen atoms in total. The Morgan fingerprint density at radius 1 is 0.951 bits per heavy atom. The van der Waals surface area contributed by atoms with E-state index in [4.69, 9.17) is 4.74 Å². The number of hydrogen-bond acceptors (Lipinski definition) is 5. The smallest absolute Gasteiger partial charge is 0.244 e. The molecule has 0 spiro atoms. The van der Waals surface area contributed by atoms with Gasteiger partial charge in [-0.1, -0.05) is 73.5 Å². The van der Waals surface area contributed by atoms with Gasteiger partial charge in [-0.25, -0.2) is 8.42 Å². The van der Waals surface area contributed by atoms with Gasteiger partial charge in [0.15, 0.2) is 0 Å². The summed E-state index contributed by atoms with van der Waals surface area (Å²) in [7, 11) is -2.26. The lowest BCUT2D eigenvalue weighted by Crippen LogP contribution is -2.53. The lowest BCUT2D eigenvalue weighted by Gasteiger charge is -2.34. The molecular formula is C32H41N3O5S. The predicted octanol–water partition coefficient (Wildman–Crippen LogP) is 4.63. The molecule has 0 unspecified atom stereocenters. The predicted molar refractivity (Wildman–Crippen MR) is 164 cm³/mol. The van der Waals surface area contributed by atoms with Crippen molar-refractivity contribution in [2.24, 2.45) is 0 Å². The Hall–Kier alpha value is -3.85. The zero-order valence-corrected chi connectivity index (χ0v) is 25.4. The number of nitrogens with one attached hydrogen (secondary N) is 1. The molecule has 3 aromatic carbocycles. The van der Waals surface area contributed by atoms with Crippen molar-refractivity contribution < 1.29 is 22.7 Å². The minimum Gasteiger partial charge on any atom is -0.497 e. The zero-order valence-electron chi connectivity index (χ0n) is 24.6. The van der Waals surface area contributed by atoms with Gasteiger partial charge in [0.1, 0.15) is 18.3 Å². The van der Waals surface area contributed by atoms with E-state index >= 15 is 0 Å². The van der Waals surface area contributed by atoms with Gasteiger partial charge >= 0.3 is 0 Å². The summed E-state index contributed by atoms with van der Waals surface area (Å²) >= 11 is 0. The third-order valence-electron chi connectivity index (χ3n) is 6.89.